The number of benzene rings is 8. The molecule has 0 aromatic heterocycles. The number of hydrogen-bond donors (Lipinski definition) is 0. The van der Waals surface area contributed by atoms with Crippen molar-refractivity contribution in [2.24, 2.45) is 0 Å². The third kappa shape index (κ3) is 9.46. The van der Waals surface area contributed by atoms with Gasteiger partial charge >= 0.3 is 0 Å². The Morgan fingerprint density at radius 3 is 1.07 bits per heavy atom. The second-order valence-electron chi connectivity index (χ2n) is 15.9. The highest BCUT2D eigenvalue weighted by atomic mass is 15.1. The molecule has 0 saturated heterocycles. The summed E-state index contributed by atoms with van der Waals surface area (Å²) in [7, 11) is 0. The van der Waals surface area contributed by atoms with E-state index in [1.807, 2.05) is 12.2 Å². The van der Waals surface area contributed by atoms with E-state index in [1.54, 1.807) is 0 Å². The Bertz CT molecular complexity index is 2420. The molecule has 0 N–H and O–H groups in total. The van der Waals surface area contributed by atoms with Gasteiger partial charge in [0.2, 0.25) is 0 Å². The summed E-state index contributed by atoms with van der Waals surface area (Å²) in [5.74, 6) is 0. The van der Waals surface area contributed by atoms with Gasteiger partial charge in [0.15, 0.2) is 0 Å². The third-order valence-corrected chi connectivity index (χ3v) is 11.7. The summed E-state index contributed by atoms with van der Waals surface area (Å²) in [4.78, 5) is 4.80. The lowest BCUT2D eigenvalue weighted by molar-refractivity contribution is 0.687. The van der Waals surface area contributed by atoms with Crippen molar-refractivity contribution in [1.82, 2.24) is 0 Å². The zero-order valence-corrected chi connectivity index (χ0v) is 34.9. The molecule has 0 bridgehead atoms. The first-order valence-corrected chi connectivity index (χ1v) is 21.9. The summed E-state index contributed by atoms with van der Waals surface area (Å²) in [6.07, 6.45) is 15.7. The molecule has 0 saturated carbocycles. The maximum atomic E-state index is 3.87. The van der Waals surface area contributed by atoms with Crippen molar-refractivity contribution in [1.29, 1.82) is 0 Å². The fourth-order valence-electron chi connectivity index (χ4n) is 8.48. The van der Waals surface area contributed by atoms with Crippen LogP contribution in [0.4, 0.5) is 34.1 Å². The van der Waals surface area contributed by atoms with Crippen LogP contribution in [0.1, 0.15) is 62.5 Å². The van der Waals surface area contributed by atoms with Gasteiger partial charge in [0.05, 0.1) is 11.4 Å². The molecule has 298 valence electrons. The van der Waals surface area contributed by atoms with Crippen LogP contribution in [0.5, 0.6) is 0 Å². The molecule has 8 rings (SSSR count). The minimum atomic E-state index is 1.10. The molecule has 0 atom stereocenters. The molecular formula is C58H56N2. The van der Waals surface area contributed by atoms with Gasteiger partial charge in [-0.1, -0.05) is 146 Å². The number of anilines is 6. The molecule has 0 fully saturated rings. The SMILES string of the molecule is C=CCCCCCc1ccc(N(c2ccc(-c3ccc(N(c4ccc(CCCCCC=C)cc4)c4cccc5ccccc45)cc3)cc2)c2cccc3ccccc23)cc1. The number of nitrogens with zero attached hydrogens (tertiary/aromatic N) is 2. The molecule has 0 amide bonds. The van der Waals surface area contributed by atoms with Gasteiger partial charge in [0.25, 0.3) is 0 Å². The van der Waals surface area contributed by atoms with Gasteiger partial charge in [-0.15, -0.1) is 13.2 Å². The normalized spacial score (nSPS) is 11.1. The van der Waals surface area contributed by atoms with Gasteiger partial charge in [-0.05, 0) is 145 Å². The number of rotatable bonds is 19. The smallest absolute Gasteiger partial charge is 0.0540 e. The number of fused-ring (bicyclic) bond motifs is 2. The molecule has 60 heavy (non-hydrogen) atoms. The Hall–Kier alpha value is -6.64. The Morgan fingerprint density at radius 2 is 0.683 bits per heavy atom. The highest BCUT2D eigenvalue weighted by Gasteiger charge is 2.18. The fourth-order valence-corrected chi connectivity index (χ4v) is 8.48. The summed E-state index contributed by atoms with van der Waals surface area (Å²) >= 11 is 0. The van der Waals surface area contributed by atoms with Crippen LogP contribution in [0.15, 0.2) is 207 Å². The molecule has 0 aliphatic heterocycles. The predicted molar refractivity (Wildman–Crippen MR) is 261 cm³/mol. The minimum absolute atomic E-state index is 1.10. The van der Waals surface area contributed by atoms with Gasteiger partial charge in [-0.2, -0.15) is 0 Å². The fraction of sp³-hybridized carbons (Fsp3) is 0.172. The van der Waals surface area contributed by atoms with Crippen molar-refractivity contribution >= 4 is 55.7 Å². The van der Waals surface area contributed by atoms with E-state index >= 15 is 0 Å². The molecule has 8 aromatic rings. The predicted octanol–water partition coefficient (Wildman–Crippen LogP) is 17.2. The Kier molecular flexibility index (Phi) is 13.3. The number of unbranched alkanes of at least 4 members (excludes halogenated alkanes) is 6. The molecule has 8 aromatic carbocycles. The van der Waals surface area contributed by atoms with Crippen LogP contribution in [0.3, 0.4) is 0 Å². The molecule has 0 unspecified atom stereocenters. The van der Waals surface area contributed by atoms with Crippen LogP contribution in [0.25, 0.3) is 32.7 Å². The second-order valence-corrected chi connectivity index (χ2v) is 15.9. The topological polar surface area (TPSA) is 6.48 Å². The molecule has 0 spiro atoms. The minimum Gasteiger partial charge on any atom is -0.310 e. The van der Waals surface area contributed by atoms with Crippen LogP contribution < -0.4 is 9.80 Å². The van der Waals surface area contributed by atoms with Gasteiger partial charge in [0.1, 0.15) is 0 Å². The van der Waals surface area contributed by atoms with Crippen LogP contribution in [0.2, 0.25) is 0 Å². The van der Waals surface area contributed by atoms with E-state index in [1.165, 1.54) is 93.7 Å². The lowest BCUT2D eigenvalue weighted by Crippen LogP contribution is -2.11. The quantitative estimate of drug-likeness (QED) is 0.0596. The van der Waals surface area contributed by atoms with Gasteiger partial charge in [0, 0.05) is 33.5 Å². The van der Waals surface area contributed by atoms with Crippen molar-refractivity contribution < 1.29 is 0 Å². The summed E-state index contributed by atoms with van der Waals surface area (Å²) in [5, 5.41) is 4.93. The van der Waals surface area contributed by atoms with E-state index in [4.69, 9.17) is 0 Å². The Balaban J connectivity index is 1.08. The molecule has 2 heteroatoms. The zero-order valence-electron chi connectivity index (χ0n) is 34.9. The highest BCUT2D eigenvalue weighted by molar-refractivity contribution is 6.00. The molecule has 0 heterocycles. The average molecular weight is 781 g/mol. The standard InChI is InChI=1S/C58H56N2/c1-3-5-7-9-11-19-45-29-37-51(38-30-45)59(57-27-17-23-49-21-13-15-25-55(49)57)53-41-33-47(34-42-53)48-35-43-54(44-36-48)60(58-28-18-24-50-22-14-16-26-56(50)58)52-39-31-46(32-40-52)20-12-10-8-6-4-2/h3-4,13-18,21-44H,1-2,5-12,19-20H2. The maximum Gasteiger partial charge on any atom is 0.0540 e. The Morgan fingerprint density at radius 1 is 0.333 bits per heavy atom. The van der Waals surface area contributed by atoms with Crippen LogP contribution in [-0.4, -0.2) is 0 Å². The van der Waals surface area contributed by atoms with Crippen LogP contribution in [0, 0.1) is 0 Å². The van der Waals surface area contributed by atoms with E-state index in [2.05, 4.69) is 205 Å². The summed E-state index contributed by atoms with van der Waals surface area (Å²) in [6, 6.07) is 67.1. The monoisotopic (exact) mass is 780 g/mol. The van der Waals surface area contributed by atoms with Crippen LogP contribution >= 0.6 is 0 Å². The van der Waals surface area contributed by atoms with Crippen molar-refractivity contribution in [2.45, 2.75) is 64.2 Å². The number of hydrogen-bond acceptors (Lipinski definition) is 2. The number of aryl methyl sites for hydroxylation is 2. The van der Waals surface area contributed by atoms with E-state index < -0.39 is 0 Å². The summed E-state index contributed by atoms with van der Waals surface area (Å²) in [6.45, 7) is 7.74. The first-order valence-electron chi connectivity index (χ1n) is 21.9. The summed E-state index contributed by atoms with van der Waals surface area (Å²) < 4.78 is 0. The molecular weight excluding hydrogens is 725 g/mol. The Labute approximate surface area is 357 Å². The van der Waals surface area contributed by atoms with Crippen molar-refractivity contribution in [2.75, 3.05) is 9.80 Å². The molecule has 2 nitrogen and oxygen atoms in total. The first-order chi connectivity index (χ1) is 29.7. The molecule has 0 radical (unpaired) electrons. The summed E-state index contributed by atoms with van der Waals surface area (Å²) in [5.41, 5.74) is 12.1. The van der Waals surface area contributed by atoms with E-state index in [0.29, 0.717) is 0 Å². The van der Waals surface area contributed by atoms with Crippen molar-refractivity contribution in [3.8, 4) is 11.1 Å². The zero-order chi connectivity index (χ0) is 40.9. The van der Waals surface area contributed by atoms with Gasteiger partial charge in [-0.25, -0.2) is 0 Å². The van der Waals surface area contributed by atoms with Crippen molar-refractivity contribution in [3.05, 3.63) is 218 Å². The largest absolute Gasteiger partial charge is 0.310 e. The highest BCUT2D eigenvalue weighted by Crippen LogP contribution is 2.42. The van der Waals surface area contributed by atoms with Gasteiger partial charge < -0.3 is 9.80 Å². The van der Waals surface area contributed by atoms with Crippen molar-refractivity contribution in [3.63, 3.8) is 0 Å². The first kappa shape index (κ1) is 40.2. The van der Waals surface area contributed by atoms with Gasteiger partial charge in [-0.3, -0.25) is 0 Å². The number of allylic oxidation sites excluding steroid dienone is 2. The second kappa shape index (κ2) is 19.9. The van der Waals surface area contributed by atoms with E-state index in [0.717, 1.165) is 48.4 Å². The third-order valence-electron chi connectivity index (χ3n) is 11.7. The lowest BCUT2D eigenvalue weighted by atomic mass is 10.0. The average Bonchev–Trinajstić information content (AvgIpc) is 3.31. The molecule has 0 aliphatic carbocycles. The van der Waals surface area contributed by atoms with E-state index in [-0.39, 0.29) is 0 Å². The molecule has 0 aliphatic rings. The van der Waals surface area contributed by atoms with Crippen LogP contribution in [-0.2, 0) is 12.8 Å². The lowest BCUT2D eigenvalue weighted by Gasteiger charge is -2.28. The maximum absolute atomic E-state index is 3.87. The van der Waals surface area contributed by atoms with E-state index in [9.17, 15) is 0 Å².